The summed E-state index contributed by atoms with van der Waals surface area (Å²) in [4.78, 5) is 2.77. The molecule has 14 heavy (non-hydrogen) atoms. The molecule has 80 valence electrons. The summed E-state index contributed by atoms with van der Waals surface area (Å²) in [6.07, 6.45) is 0.830. The van der Waals surface area contributed by atoms with Crippen LogP contribution in [0.3, 0.4) is 0 Å². The maximum atomic E-state index is 9.14. The van der Waals surface area contributed by atoms with Crippen molar-refractivity contribution in [3.63, 3.8) is 0 Å². The molecular formula is C11H19NOS. The van der Waals surface area contributed by atoms with Crippen molar-refractivity contribution >= 4 is 11.3 Å². The van der Waals surface area contributed by atoms with Gasteiger partial charge in [-0.25, -0.2) is 0 Å². The molecular weight excluding hydrogens is 194 g/mol. The van der Waals surface area contributed by atoms with Crippen LogP contribution in [0.1, 0.15) is 36.6 Å². The van der Waals surface area contributed by atoms with Crippen LogP contribution < -0.4 is 5.32 Å². The molecule has 0 spiro atoms. The number of aryl methyl sites for hydroxylation is 1. The largest absolute Gasteiger partial charge is 0.392 e. The second kappa shape index (κ2) is 5.49. The second-order valence-electron chi connectivity index (χ2n) is 3.64. The van der Waals surface area contributed by atoms with Gasteiger partial charge in [0.25, 0.3) is 0 Å². The lowest BCUT2D eigenvalue weighted by atomic mass is 10.2. The highest BCUT2D eigenvalue weighted by atomic mass is 32.1. The van der Waals surface area contributed by atoms with Crippen molar-refractivity contribution in [1.29, 1.82) is 0 Å². The predicted octanol–water partition coefficient (Wildman–Crippen LogP) is 2.34. The molecule has 0 saturated heterocycles. The maximum Gasteiger partial charge on any atom is 0.0636 e. The van der Waals surface area contributed by atoms with Gasteiger partial charge in [0, 0.05) is 22.3 Å². The molecule has 0 fully saturated rings. The van der Waals surface area contributed by atoms with Gasteiger partial charge in [-0.05, 0) is 32.4 Å². The Labute approximate surface area is 90.0 Å². The fourth-order valence-electron chi connectivity index (χ4n) is 1.27. The third kappa shape index (κ3) is 3.40. The van der Waals surface area contributed by atoms with Gasteiger partial charge in [0.1, 0.15) is 0 Å². The van der Waals surface area contributed by atoms with E-state index in [1.807, 2.05) is 11.3 Å². The molecule has 1 aromatic heterocycles. The van der Waals surface area contributed by atoms with Crippen LogP contribution in [-0.2, 0) is 6.42 Å². The standard InChI is InChI=1S/C11H19NOS/c1-4-10-5-6-11(14-10)9(3)12-7-8(2)13/h5-6,8-9,12-13H,4,7H2,1-3H3/t8-,9?/m0/s1. The summed E-state index contributed by atoms with van der Waals surface area (Å²) in [6.45, 7) is 6.75. The summed E-state index contributed by atoms with van der Waals surface area (Å²) in [5.41, 5.74) is 0. The molecule has 0 aliphatic rings. The Bertz CT molecular complexity index is 270. The third-order valence-corrected chi connectivity index (χ3v) is 3.59. The molecule has 0 aliphatic carbocycles. The van der Waals surface area contributed by atoms with E-state index >= 15 is 0 Å². The van der Waals surface area contributed by atoms with Gasteiger partial charge >= 0.3 is 0 Å². The molecule has 0 aromatic carbocycles. The second-order valence-corrected chi connectivity index (χ2v) is 4.84. The van der Waals surface area contributed by atoms with Crippen LogP contribution >= 0.6 is 11.3 Å². The summed E-state index contributed by atoms with van der Waals surface area (Å²) >= 11 is 1.85. The van der Waals surface area contributed by atoms with Crippen LogP contribution in [0.15, 0.2) is 12.1 Å². The topological polar surface area (TPSA) is 32.3 Å². The van der Waals surface area contributed by atoms with Gasteiger partial charge < -0.3 is 10.4 Å². The minimum Gasteiger partial charge on any atom is -0.392 e. The number of rotatable bonds is 5. The molecule has 0 bridgehead atoms. The molecule has 0 radical (unpaired) electrons. The Morgan fingerprint density at radius 2 is 2.14 bits per heavy atom. The van der Waals surface area contributed by atoms with E-state index in [2.05, 4.69) is 31.3 Å². The zero-order chi connectivity index (χ0) is 10.6. The van der Waals surface area contributed by atoms with Gasteiger partial charge in [-0.2, -0.15) is 0 Å². The van der Waals surface area contributed by atoms with Gasteiger partial charge in [0.15, 0.2) is 0 Å². The number of hydrogen-bond acceptors (Lipinski definition) is 3. The molecule has 1 unspecified atom stereocenters. The van der Waals surface area contributed by atoms with E-state index in [4.69, 9.17) is 5.11 Å². The van der Waals surface area contributed by atoms with E-state index in [-0.39, 0.29) is 6.10 Å². The van der Waals surface area contributed by atoms with Crippen LogP contribution in [0, 0.1) is 0 Å². The maximum absolute atomic E-state index is 9.14. The monoisotopic (exact) mass is 213 g/mol. The predicted molar refractivity (Wildman–Crippen MR) is 61.8 cm³/mol. The number of thiophene rings is 1. The molecule has 2 N–H and O–H groups in total. The quantitative estimate of drug-likeness (QED) is 0.787. The van der Waals surface area contributed by atoms with Crippen LogP contribution in [0.2, 0.25) is 0 Å². The minimum absolute atomic E-state index is 0.275. The molecule has 1 heterocycles. The average Bonchev–Trinajstić information content (AvgIpc) is 2.62. The summed E-state index contributed by atoms with van der Waals surface area (Å²) in [7, 11) is 0. The number of hydrogen-bond donors (Lipinski definition) is 2. The van der Waals surface area contributed by atoms with Crippen molar-refractivity contribution in [3.8, 4) is 0 Å². The Kier molecular flexibility index (Phi) is 4.58. The highest BCUT2D eigenvalue weighted by Gasteiger charge is 2.08. The molecule has 1 aromatic rings. The smallest absolute Gasteiger partial charge is 0.0636 e. The number of aliphatic hydroxyl groups excluding tert-OH is 1. The summed E-state index contributed by atoms with van der Waals surface area (Å²) in [6, 6.07) is 4.69. The molecule has 3 heteroatoms. The van der Waals surface area contributed by atoms with Crippen molar-refractivity contribution in [3.05, 3.63) is 21.9 Å². The summed E-state index contributed by atoms with van der Waals surface area (Å²) < 4.78 is 0. The molecule has 0 amide bonds. The van der Waals surface area contributed by atoms with E-state index in [0.29, 0.717) is 12.6 Å². The first-order chi connectivity index (χ1) is 6.63. The summed E-state index contributed by atoms with van der Waals surface area (Å²) in [5, 5.41) is 12.4. The van der Waals surface area contributed by atoms with Crippen molar-refractivity contribution in [1.82, 2.24) is 5.32 Å². The third-order valence-electron chi connectivity index (χ3n) is 2.18. The zero-order valence-corrected chi connectivity index (χ0v) is 9.90. The lowest BCUT2D eigenvalue weighted by Gasteiger charge is -2.13. The molecule has 2 atom stereocenters. The van der Waals surface area contributed by atoms with Gasteiger partial charge in [0.05, 0.1) is 6.10 Å². The van der Waals surface area contributed by atoms with Crippen LogP contribution in [0.4, 0.5) is 0 Å². The lowest BCUT2D eigenvalue weighted by molar-refractivity contribution is 0.187. The van der Waals surface area contributed by atoms with Gasteiger partial charge in [-0.15, -0.1) is 11.3 Å². The molecule has 2 nitrogen and oxygen atoms in total. The van der Waals surface area contributed by atoms with Gasteiger partial charge in [-0.1, -0.05) is 6.92 Å². The van der Waals surface area contributed by atoms with E-state index in [9.17, 15) is 0 Å². The minimum atomic E-state index is -0.275. The highest BCUT2D eigenvalue weighted by Crippen LogP contribution is 2.23. The Balaban J connectivity index is 2.47. The zero-order valence-electron chi connectivity index (χ0n) is 9.08. The van der Waals surface area contributed by atoms with Crippen LogP contribution in [0.25, 0.3) is 0 Å². The Hall–Kier alpha value is -0.380. The molecule has 0 saturated carbocycles. The first-order valence-corrected chi connectivity index (χ1v) is 5.95. The fourth-order valence-corrected chi connectivity index (χ4v) is 2.24. The van der Waals surface area contributed by atoms with E-state index in [0.717, 1.165) is 6.42 Å². The first kappa shape index (κ1) is 11.7. The lowest BCUT2D eigenvalue weighted by Crippen LogP contribution is -2.26. The van der Waals surface area contributed by atoms with E-state index in [1.54, 1.807) is 6.92 Å². The normalized spacial score (nSPS) is 15.4. The average molecular weight is 213 g/mol. The van der Waals surface area contributed by atoms with Crippen molar-refractivity contribution in [2.45, 2.75) is 39.3 Å². The fraction of sp³-hybridized carbons (Fsp3) is 0.636. The number of aliphatic hydroxyl groups is 1. The molecule has 1 rings (SSSR count). The van der Waals surface area contributed by atoms with Crippen molar-refractivity contribution in [2.24, 2.45) is 0 Å². The Morgan fingerprint density at radius 1 is 1.43 bits per heavy atom. The van der Waals surface area contributed by atoms with Crippen molar-refractivity contribution < 1.29 is 5.11 Å². The van der Waals surface area contributed by atoms with Crippen molar-refractivity contribution in [2.75, 3.05) is 6.54 Å². The van der Waals surface area contributed by atoms with Crippen LogP contribution in [-0.4, -0.2) is 17.8 Å². The first-order valence-electron chi connectivity index (χ1n) is 5.13. The SMILES string of the molecule is CCc1ccc(C(C)NC[C@H](C)O)s1. The van der Waals surface area contributed by atoms with Gasteiger partial charge in [-0.3, -0.25) is 0 Å². The Morgan fingerprint density at radius 3 is 2.64 bits per heavy atom. The van der Waals surface area contributed by atoms with E-state index in [1.165, 1.54) is 9.75 Å². The molecule has 0 aliphatic heterocycles. The van der Waals surface area contributed by atoms with Gasteiger partial charge in [0.2, 0.25) is 0 Å². The van der Waals surface area contributed by atoms with Crippen LogP contribution in [0.5, 0.6) is 0 Å². The summed E-state index contributed by atoms with van der Waals surface area (Å²) in [5.74, 6) is 0. The highest BCUT2D eigenvalue weighted by molar-refractivity contribution is 7.12. The van der Waals surface area contributed by atoms with E-state index < -0.39 is 0 Å². The number of nitrogens with one attached hydrogen (secondary N) is 1.